The highest BCUT2D eigenvalue weighted by Crippen LogP contribution is 2.19. The van der Waals surface area contributed by atoms with Crippen molar-refractivity contribution in [2.24, 2.45) is 0 Å². The van der Waals surface area contributed by atoms with E-state index in [1.165, 1.54) is 15.9 Å². The molecule has 2 rings (SSSR count). The fourth-order valence-electron chi connectivity index (χ4n) is 2.15. The summed E-state index contributed by atoms with van der Waals surface area (Å²) < 4.78 is 13.5. The number of hydrogen-bond donors (Lipinski definition) is 0. The Bertz CT molecular complexity index is 605. The van der Waals surface area contributed by atoms with Gasteiger partial charge >= 0.3 is 5.69 Å². The monoisotopic (exact) mass is 295 g/mol. The molecule has 1 heterocycles. The van der Waals surface area contributed by atoms with Crippen LogP contribution in [0.25, 0.3) is 0 Å². The molecule has 2 amide bonds. The Kier molecular flexibility index (Phi) is 4.15. The molecule has 1 aliphatic rings. The van der Waals surface area contributed by atoms with Crippen molar-refractivity contribution in [3.63, 3.8) is 0 Å². The lowest BCUT2D eigenvalue weighted by molar-refractivity contribution is -0.387. The van der Waals surface area contributed by atoms with Crippen LogP contribution in [0.15, 0.2) is 18.2 Å². The lowest BCUT2D eigenvalue weighted by Crippen LogP contribution is -2.53. The molecular weight excluding hydrogens is 281 g/mol. The van der Waals surface area contributed by atoms with Crippen molar-refractivity contribution < 1.29 is 18.9 Å². The van der Waals surface area contributed by atoms with Crippen LogP contribution in [0.2, 0.25) is 0 Å². The van der Waals surface area contributed by atoms with Gasteiger partial charge in [-0.1, -0.05) is 6.07 Å². The maximum absolute atomic E-state index is 13.5. The highest BCUT2D eigenvalue weighted by atomic mass is 19.1. The third-order valence-electron chi connectivity index (χ3n) is 3.32. The predicted octanol–water partition coefficient (Wildman–Crippen LogP) is 0.925. The molecule has 1 fully saturated rings. The summed E-state index contributed by atoms with van der Waals surface area (Å²) in [5.41, 5.74) is -0.207. The third-order valence-corrected chi connectivity index (χ3v) is 3.32. The van der Waals surface area contributed by atoms with E-state index < -0.39 is 16.4 Å². The van der Waals surface area contributed by atoms with Crippen molar-refractivity contribution in [2.45, 2.75) is 13.5 Å². The van der Waals surface area contributed by atoms with Gasteiger partial charge in [0.25, 0.3) is 0 Å². The Balaban J connectivity index is 2.12. The number of hydrogen-bond acceptors (Lipinski definition) is 4. The van der Waals surface area contributed by atoms with E-state index in [0.29, 0.717) is 12.1 Å². The van der Waals surface area contributed by atoms with Crippen molar-refractivity contribution in [3.05, 3.63) is 39.7 Å². The molecule has 7 nitrogen and oxygen atoms in total. The van der Waals surface area contributed by atoms with Gasteiger partial charge in [0.2, 0.25) is 17.6 Å². The zero-order valence-corrected chi connectivity index (χ0v) is 11.4. The molecule has 0 saturated carbocycles. The number of benzene rings is 1. The van der Waals surface area contributed by atoms with Crippen LogP contribution in [0.1, 0.15) is 12.5 Å². The second-order valence-corrected chi connectivity index (χ2v) is 4.70. The van der Waals surface area contributed by atoms with Crippen LogP contribution in [-0.2, 0) is 16.1 Å². The lowest BCUT2D eigenvalue weighted by Gasteiger charge is -2.33. The quantitative estimate of drug-likeness (QED) is 0.611. The van der Waals surface area contributed by atoms with Crippen LogP contribution in [-0.4, -0.2) is 46.2 Å². The first-order valence-corrected chi connectivity index (χ1v) is 6.40. The molecule has 21 heavy (non-hydrogen) atoms. The molecule has 0 aliphatic carbocycles. The Morgan fingerprint density at radius 3 is 2.43 bits per heavy atom. The van der Waals surface area contributed by atoms with Gasteiger partial charge in [-0.3, -0.25) is 19.7 Å². The average molecular weight is 295 g/mol. The lowest BCUT2D eigenvalue weighted by atomic mass is 10.1. The van der Waals surface area contributed by atoms with Gasteiger partial charge in [0.1, 0.15) is 6.54 Å². The molecule has 0 bridgehead atoms. The Morgan fingerprint density at radius 2 is 1.86 bits per heavy atom. The van der Waals surface area contributed by atoms with Crippen LogP contribution in [0.5, 0.6) is 0 Å². The first-order chi connectivity index (χ1) is 9.92. The molecule has 0 spiro atoms. The smallest absolute Gasteiger partial charge is 0.304 e. The van der Waals surface area contributed by atoms with E-state index in [1.807, 2.05) is 0 Å². The SMILES string of the molecule is CCN1CC(=O)N(Cc2ccc([N+](=O)[O-])c(F)c2)CC1=O. The second-order valence-electron chi connectivity index (χ2n) is 4.70. The first-order valence-electron chi connectivity index (χ1n) is 6.40. The van der Waals surface area contributed by atoms with E-state index in [9.17, 15) is 24.1 Å². The summed E-state index contributed by atoms with van der Waals surface area (Å²) in [5, 5.41) is 10.5. The maximum atomic E-state index is 13.5. The topological polar surface area (TPSA) is 83.8 Å². The van der Waals surface area contributed by atoms with Gasteiger partial charge in [0, 0.05) is 19.2 Å². The normalized spacial score (nSPS) is 15.5. The van der Waals surface area contributed by atoms with Crippen LogP contribution in [0.4, 0.5) is 10.1 Å². The van der Waals surface area contributed by atoms with Crippen LogP contribution < -0.4 is 0 Å². The zero-order valence-electron chi connectivity index (χ0n) is 11.4. The standard InChI is InChI=1S/C13H14FN3O4/c1-2-15-7-13(19)16(8-12(15)18)6-9-3-4-11(17(20)21)10(14)5-9/h3-5H,2,6-8H2,1H3. The van der Waals surface area contributed by atoms with E-state index >= 15 is 0 Å². The molecule has 0 radical (unpaired) electrons. The Labute approximate surface area is 120 Å². The highest BCUT2D eigenvalue weighted by molar-refractivity contribution is 5.92. The minimum Gasteiger partial charge on any atom is -0.332 e. The van der Waals surface area contributed by atoms with Gasteiger partial charge < -0.3 is 9.80 Å². The van der Waals surface area contributed by atoms with Crippen molar-refractivity contribution >= 4 is 17.5 Å². The minimum absolute atomic E-state index is 0.00476. The number of nitro benzene ring substituents is 1. The zero-order chi connectivity index (χ0) is 15.6. The second kappa shape index (κ2) is 5.86. The number of nitrogens with zero attached hydrogens (tertiary/aromatic N) is 3. The van der Waals surface area contributed by atoms with Crippen LogP contribution in [0.3, 0.4) is 0 Å². The van der Waals surface area contributed by atoms with Crippen molar-refractivity contribution in [2.75, 3.05) is 19.6 Å². The van der Waals surface area contributed by atoms with Crippen molar-refractivity contribution in [1.29, 1.82) is 0 Å². The van der Waals surface area contributed by atoms with E-state index in [-0.39, 0.29) is 31.4 Å². The summed E-state index contributed by atoms with van der Waals surface area (Å²) in [7, 11) is 0. The summed E-state index contributed by atoms with van der Waals surface area (Å²) in [6, 6.07) is 3.45. The first kappa shape index (κ1) is 14.9. The highest BCUT2D eigenvalue weighted by Gasteiger charge is 2.29. The number of piperazine rings is 1. The number of rotatable bonds is 4. The molecule has 1 saturated heterocycles. The summed E-state index contributed by atoms with van der Waals surface area (Å²) in [4.78, 5) is 36.1. The molecule has 0 N–H and O–H groups in total. The number of nitro groups is 1. The predicted molar refractivity (Wildman–Crippen MR) is 70.7 cm³/mol. The molecule has 112 valence electrons. The number of halogens is 1. The molecule has 1 aromatic rings. The molecule has 0 aromatic heterocycles. The number of carbonyl (C=O) groups excluding carboxylic acids is 2. The molecular formula is C13H14FN3O4. The van der Waals surface area contributed by atoms with Gasteiger partial charge in [-0.2, -0.15) is 4.39 Å². The summed E-state index contributed by atoms with van der Waals surface area (Å²) >= 11 is 0. The van der Waals surface area contributed by atoms with Gasteiger partial charge in [0.15, 0.2) is 0 Å². The maximum Gasteiger partial charge on any atom is 0.304 e. The van der Waals surface area contributed by atoms with Gasteiger partial charge in [-0.25, -0.2) is 0 Å². The molecule has 0 unspecified atom stereocenters. The van der Waals surface area contributed by atoms with E-state index in [4.69, 9.17) is 0 Å². The number of amides is 2. The van der Waals surface area contributed by atoms with Gasteiger partial charge in [0.05, 0.1) is 11.5 Å². The molecule has 1 aromatic carbocycles. The Morgan fingerprint density at radius 1 is 1.24 bits per heavy atom. The summed E-state index contributed by atoms with van der Waals surface area (Å²) in [6.45, 7) is 2.24. The summed E-state index contributed by atoms with van der Waals surface area (Å²) in [6.07, 6.45) is 0. The molecule has 8 heteroatoms. The van der Waals surface area contributed by atoms with Crippen LogP contribution >= 0.6 is 0 Å². The number of likely N-dealkylation sites (N-methyl/N-ethyl adjacent to an activating group) is 1. The largest absolute Gasteiger partial charge is 0.332 e. The molecule has 1 aliphatic heterocycles. The Hall–Kier alpha value is -2.51. The fourth-order valence-corrected chi connectivity index (χ4v) is 2.15. The van der Waals surface area contributed by atoms with Crippen molar-refractivity contribution in [3.8, 4) is 0 Å². The third kappa shape index (κ3) is 3.15. The average Bonchev–Trinajstić information content (AvgIpc) is 2.42. The van der Waals surface area contributed by atoms with Gasteiger partial charge in [-0.15, -0.1) is 0 Å². The van der Waals surface area contributed by atoms with Crippen LogP contribution in [0, 0.1) is 15.9 Å². The number of carbonyl (C=O) groups is 2. The molecule has 0 atom stereocenters. The van der Waals surface area contributed by atoms with E-state index in [2.05, 4.69) is 0 Å². The van der Waals surface area contributed by atoms with E-state index in [0.717, 1.165) is 12.1 Å². The summed E-state index contributed by atoms with van der Waals surface area (Å²) in [5.74, 6) is -1.35. The van der Waals surface area contributed by atoms with Gasteiger partial charge in [-0.05, 0) is 18.6 Å². The minimum atomic E-state index is -0.955. The van der Waals surface area contributed by atoms with E-state index in [1.54, 1.807) is 6.92 Å². The fraction of sp³-hybridized carbons (Fsp3) is 0.385. The van der Waals surface area contributed by atoms with Crippen molar-refractivity contribution in [1.82, 2.24) is 9.80 Å².